The zero-order valence-electron chi connectivity index (χ0n) is 12.2. The lowest BCUT2D eigenvalue weighted by atomic mass is 10.0. The van der Waals surface area contributed by atoms with Crippen molar-refractivity contribution >= 4 is 22.3 Å². The molecule has 0 aliphatic heterocycles. The van der Waals surface area contributed by atoms with E-state index >= 15 is 0 Å². The van der Waals surface area contributed by atoms with E-state index in [1.165, 1.54) is 0 Å². The fourth-order valence-corrected chi connectivity index (χ4v) is 3.40. The van der Waals surface area contributed by atoms with Gasteiger partial charge in [0.1, 0.15) is 6.07 Å². The van der Waals surface area contributed by atoms with Crippen LogP contribution in [-0.2, 0) is 11.0 Å². The van der Waals surface area contributed by atoms with E-state index in [9.17, 15) is 4.21 Å². The van der Waals surface area contributed by atoms with Crippen LogP contribution in [0, 0.1) is 17.2 Å². The Morgan fingerprint density at radius 2 is 2.11 bits per heavy atom. The van der Waals surface area contributed by atoms with E-state index in [2.05, 4.69) is 24.6 Å². The minimum Gasteiger partial charge on any atom is -0.242 e. The van der Waals surface area contributed by atoms with Gasteiger partial charge < -0.3 is 0 Å². The van der Waals surface area contributed by atoms with Gasteiger partial charge in [-0.3, -0.25) is 0 Å². The van der Waals surface area contributed by atoms with Crippen LogP contribution in [0.25, 0.3) is 0 Å². The molecule has 0 saturated heterocycles. The van der Waals surface area contributed by atoms with Gasteiger partial charge in [-0.15, -0.1) is 11.3 Å². The summed E-state index contributed by atoms with van der Waals surface area (Å²) < 4.78 is 15.2. The fourth-order valence-electron chi connectivity index (χ4n) is 1.59. The van der Waals surface area contributed by atoms with Gasteiger partial charge >= 0.3 is 0 Å². The predicted octanol–water partition coefficient (Wildman–Crippen LogP) is 3.76. The maximum atomic E-state index is 12.2. The number of hydrogen-bond donors (Lipinski definition) is 1. The summed E-state index contributed by atoms with van der Waals surface area (Å²) in [6.07, 6.45) is 0.910. The van der Waals surface area contributed by atoms with Crippen LogP contribution in [0.4, 0.5) is 0 Å². The van der Waals surface area contributed by atoms with Gasteiger partial charge in [-0.05, 0) is 39.2 Å². The van der Waals surface area contributed by atoms with E-state index in [4.69, 9.17) is 5.26 Å². The Hall–Kier alpha value is -0.700. The SMILES string of the molecule is CC(C)C[C@H](NS(=O)C(C)(C)C)c1cc(C#N)cs1. The van der Waals surface area contributed by atoms with Crippen molar-refractivity contribution in [2.24, 2.45) is 5.92 Å². The van der Waals surface area contributed by atoms with Crippen molar-refractivity contribution in [2.75, 3.05) is 0 Å². The Bertz CT molecular complexity index is 480. The van der Waals surface area contributed by atoms with Gasteiger partial charge in [-0.25, -0.2) is 8.93 Å². The van der Waals surface area contributed by atoms with Crippen molar-refractivity contribution in [3.63, 3.8) is 0 Å². The van der Waals surface area contributed by atoms with Crippen molar-refractivity contribution < 1.29 is 4.21 Å². The lowest BCUT2D eigenvalue weighted by Gasteiger charge is -2.24. The maximum absolute atomic E-state index is 12.2. The predicted molar refractivity (Wildman–Crippen MR) is 82.3 cm³/mol. The molecule has 0 saturated carbocycles. The first-order valence-electron chi connectivity index (χ1n) is 6.40. The fraction of sp³-hybridized carbons (Fsp3) is 0.643. The normalized spacial score (nSPS) is 15.2. The topological polar surface area (TPSA) is 52.9 Å². The average molecular weight is 298 g/mol. The van der Waals surface area contributed by atoms with Crippen LogP contribution in [-0.4, -0.2) is 8.96 Å². The number of nitrogens with one attached hydrogen (secondary N) is 1. The van der Waals surface area contributed by atoms with Crippen molar-refractivity contribution in [3.05, 3.63) is 21.9 Å². The summed E-state index contributed by atoms with van der Waals surface area (Å²) in [6.45, 7) is 10.2. The molecule has 0 fully saturated rings. The molecule has 0 aromatic carbocycles. The zero-order valence-corrected chi connectivity index (χ0v) is 13.8. The number of nitrogens with zero attached hydrogens (tertiary/aromatic N) is 1. The monoisotopic (exact) mass is 298 g/mol. The van der Waals surface area contributed by atoms with E-state index < -0.39 is 11.0 Å². The first-order chi connectivity index (χ1) is 8.74. The molecular weight excluding hydrogens is 276 g/mol. The second kappa shape index (κ2) is 6.65. The molecule has 0 aliphatic rings. The van der Waals surface area contributed by atoms with Crippen molar-refractivity contribution in [1.82, 2.24) is 4.72 Å². The third-order valence-corrected chi connectivity index (χ3v) is 5.26. The molecule has 1 rings (SSSR count). The molecule has 0 bridgehead atoms. The number of nitriles is 1. The van der Waals surface area contributed by atoms with Gasteiger partial charge in [0.25, 0.3) is 0 Å². The Morgan fingerprint density at radius 1 is 1.47 bits per heavy atom. The lowest BCUT2D eigenvalue weighted by molar-refractivity contribution is 0.485. The van der Waals surface area contributed by atoms with Crippen LogP contribution in [0.15, 0.2) is 11.4 Å². The molecule has 19 heavy (non-hydrogen) atoms. The van der Waals surface area contributed by atoms with Crippen LogP contribution < -0.4 is 4.72 Å². The second-order valence-corrected chi connectivity index (χ2v) is 8.97. The molecule has 1 aromatic rings. The van der Waals surface area contributed by atoms with Crippen LogP contribution in [0.1, 0.15) is 57.5 Å². The molecule has 3 nitrogen and oxygen atoms in total. The molecule has 1 N–H and O–H groups in total. The Morgan fingerprint density at radius 3 is 2.53 bits per heavy atom. The van der Waals surface area contributed by atoms with Crippen molar-refractivity contribution in [3.8, 4) is 6.07 Å². The van der Waals surface area contributed by atoms with Crippen molar-refractivity contribution in [1.29, 1.82) is 5.26 Å². The van der Waals surface area contributed by atoms with Crippen LogP contribution in [0.2, 0.25) is 0 Å². The van der Waals surface area contributed by atoms with Gasteiger partial charge in [0.05, 0.1) is 27.3 Å². The Labute approximate surface area is 122 Å². The largest absolute Gasteiger partial charge is 0.242 e. The van der Waals surface area contributed by atoms with E-state index in [1.54, 1.807) is 11.3 Å². The molecule has 1 aromatic heterocycles. The van der Waals surface area contributed by atoms with E-state index in [-0.39, 0.29) is 10.8 Å². The zero-order chi connectivity index (χ0) is 14.6. The molecule has 1 heterocycles. The third-order valence-electron chi connectivity index (χ3n) is 2.60. The Kier molecular flexibility index (Phi) is 5.72. The highest BCUT2D eigenvalue weighted by atomic mass is 32.2. The third kappa shape index (κ3) is 5.06. The minimum absolute atomic E-state index is 0.0483. The van der Waals surface area contributed by atoms with Crippen LogP contribution in [0.5, 0.6) is 0 Å². The summed E-state index contributed by atoms with van der Waals surface area (Å²) >= 11 is 1.56. The summed E-state index contributed by atoms with van der Waals surface area (Å²) in [5.74, 6) is 0.502. The van der Waals surface area contributed by atoms with E-state index in [1.807, 2.05) is 32.2 Å². The minimum atomic E-state index is -1.10. The highest BCUT2D eigenvalue weighted by molar-refractivity contribution is 7.84. The molecule has 0 aliphatic carbocycles. The molecule has 1 unspecified atom stereocenters. The summed E-state index contributed by atoms with van der Waals surface area (Å²) in [4.78, 5) is 1.09. The maximum Gasteiger partial charge on any atom is 0.100 e. The summed E-state index contributed by atoms with van der Waals surface area (Å²) in [7, 11) is -1.10. The summed E-state index contributed by atoms with van der Waals surface area (Å²) in [5, 5.41) is 10.8. The van der Waals surface area contributed by atoms with E-state index in [0.29, 0.717) is 11.5 Å². The lowest BCUT2D eigenvalue weighted by Crippen LogP contribution is -2.36. The molecule has 5 heteroatoms. The highest BCUT2D eigenvalue weighted by Crippen LogP contribution is 2.28. The van der Waals surface area contributed by atoms with E-state index in [0.717, 1.165) is 11.3 Å². The number of thiophene rings is 1. The first kappa shape index (κ1) is 16.4. The smallest absolute Gasteiger partial charge is 0.100 e. The second-order valence-electron chi connectivity index (χ2n) is 6.03. The van der Waals surface area contributed by atoms with Crippen LogP contribution in [0.3, 0.4) is 0 Å². The molecular formula is C14H22N2OS2. The quantitative estimate of drug-likeness (QED) is 0.900. The van der Waals surface area contributed by atoms with Gasteiger partial charge in [0, 0.05) is 10.3 Å². The standard InChI is InChI=1S/C14H22N2OS2/c1-10(2)6-12(16-19(17)14(3,4)5)13-7-11(8-15)9-18-13/h7,9-10,12,16H,6H2,1-5H3/t12-,19?/m0/s1. The van der Waals surface area contributed by atoms with Gasteiger partial charge in [0.15, 0.2) is 0 Å². The first-order valence-corrected chi connectivity index (χ1v) is 8.43. The van der Waals surface area contributed by atoms with Crippen molar-refractivity contribution in [2.45, 2.75) is 51.8 Å². The van der Waals surface area contributed by atoms with Gasteiger partial charge in [0.2, 0.25) is 0 Å². The highest BCUT2D eigenvalue weighted by Gasteiger charge is 2.25. The molecule has 2 atom stereocenters. The molecule has 0 spiro atoms. The van der Waals surface area contributed by atoms with Crippen LogP contribution >= 0.6 is 11.3 Å². The summed E-state index contributed by atoms with van der Waals surface area (Å²) in [6, 6.07) is 4.09. The molecule has 0 amide bonds. The number of hydrogen-bond acceptors (Lipinski definition) is 3. The Balaban J connectivity index is 2.90. The summed E-state index contributed by atoms with van der Waals surface area (Å²) in [5.41, 5.74) is 0.678. The molecule has 106 valence electrons. The number of rotatable bonds is 5. The average Bonchev–Trinajstić information content (AvgIpc) is 2.74. The molecule has 0 radical (unpaired) electrons. The van der Waals surface area contributed by atoms with Gasteiger partial charge in [-0.2, -0.15) is 5.26 Å². The van der Waals surface area contributed by atoms with Gasteiger partial charge in [-0.1, -0.05) is 13.8 Å².